The lowest BCUT2D eigenvalue weighted by molar-refractivity contribution is -0.140. The minimum absolute atomic E-state index is 0.0264. The van der Waals surface area contributed by atoms with Crippen LogP contribution >= 0.6 is 0 Å². The number of nitrogens with one attached hydrogen (secondary N) is 1. The first-order chi connectivity index (χ1) is 16.5. The fourth-order valence-corrected chi connectivity index (χ4v) is 5.64. The van der Waals surface area contributed by atoms with Crippen LogP contribution in [0, 0.1) is 5.41 Å². The number of tetrazole rings is 1. The molecule has 2 aromatic rings. The number of nitrogens with zero attached hydrogens (tertiary/aromatic N) is 4. The molecule has 1 saturated carbocycles. The molecular weight excluding hydrogens is 442 g/mol. The second-order valence-corrected chi connectivity index (χ2v) is 9.47. The highest BCUT2D eigenvalue weighted by molar-refractivity contribution is 5.78. The number of hydrogen-bond donors (Lipinski definition) is 2. The van der Waals surface area contributed by atoms with Gasteiger partial charge in [0.2, 0.25) is 5.91 Å². The molecule has 1 amide bonds. The van der Waals surface area contributed by atoms with E-state index in [0.29, 0.717) is 24.8 Å². The molecule has 2 aliphatic heterocycles. The lowest BCUT2D eigenvalue weighted by atomic mass is 9.79. The summed E-state index contributed by atoms with van der Waals surface area (Å²) in [6, 6.07) is 6.96. The molecule has 34 heavy (non-hydrogen) atoms. The molecule has 0 radical (unpaired) electrons. The summed E-state index contributed by atoms with van der Waals surface area (Å²) >= 11 is 0. The van der Waals surface area contributed by atoms with Gasteiger partial charge in [-0.05, 0) is 40.8 Å². The maximum Gasteiger partial charge on any atom is 0.303 e. The van der Waals surface area contributed by atoms with Gasteiger partial charge in [-0.3, -0.25) is 9.59 Å². The Labute approximate surface area is 196 Å². The largest absolute Gasteiger partial charge is 0.497 e. The summed E-state index contributed by atoms with van der Waals surface area (Å²) in [7, 11) is 1.61. The average Bonchev–Trinajstić information content (AvgIpc) is 3.59. The summed E-state index contributed by atoms with van der Waals surface area (Å²) in [6.45, 7) is 0.673. The quantitative estimate of drug-likeness (QED) is 0.588. The number of rotatable bonds is 8. The van der Waals surface area contributed by atoms with Crippen molar-refractivity contribution in [3.63, 3.8) is 0 Å². The van der Waals surface area contributed by atoms with E-state index < -0.39 is 11.4 Å². The van der Waals surface area contributed by atoms with Crippen LogP contribution in [0.5, 0.6) is 5.75 Å². The molecule has 0 unspecified atom stereocenters. The molecule has 1 aliphatic carbocycles. The van der Waals surface area contributed by atoms with Crippen LogP contribution in [-0.4, -0.2) is 75.8 Å². The lowest BCUT2D eigenvalue weighted by Gasteiger charge is -2.27. The summed E-state index contributed by atoms with van der Waals surface area (Å²) in [5, 5.41) is 24.6. The molecule has 3 aliphatic rings. The molecule has 2 saturated heterocycles. The minimum atomic E-state index is -0.853. The summed E-state index contributed by atoms with van der Waals surface area (Å²) in [5.41, 5.74) is 0.363. The van der Waals surface area contributed by atoms with Crippen LogP contribution in [-0.2, 0) is 19.1 Å². The number of ether oxygens (including phenoxy) is 3. The van der Waals surface area contributed by atoms with E-state index in [4.69, 9.17) is 14.2 Å². The number of aliphatic carboxylic acids is 1. The van der Waals surface area contributed by atoms with Gasteiger partial charge in [-0.2, -0.15) is 0 Å². The molecule has 3 heterocycles. The highest BCUT2D eigenvalue weighted by atomic mass is 16.6. The molecule has 3 fully saturated rings. The minimum Gasteiger partial charge on any atom is -0.497 e. The number of benzene rings is 1. The van der Waals surface area contributed by atoms with Gasteiger partial charge in [-0.25, -0.2) is 4.68 Å². The summed E-state index contributed by atoms with van der Waals surface area (Å²) in [4.78, 5) is 24.2. The number of amides is 1. The molecule has 0 bridgehead atoms. The van der Waals surface area contributed by atoms with Crippen LogP contribution in [0.2, 0.25) is 0 Å². The number of carboxylic acids is 1. The summed E-state index contributed by atoms with van der Waals surface area (Å²) < 4.78 is 19.1. The number of aromatic nitrogens is 4. The Morgan fingerprint density at radius 2 is 2.00 bits per heavy atom. The normalized spacial score (nSPS) is 27.4. The predicted molar refractivity (Wildman–Crippen MR) is 118 cm³/mol. The van der Waals surface area contributed by atoms with Gasteiger partial charge in [0.1, 0.15) is 24.0 Å². The van der Waals surface area contributed by atoms with Crippen molar-refractivity contribution in [2.45, 2.75) is 62.8 Å². The van der Waals surface area contributed by atoms with Gasteiger partial charge in [-0.1, -0.05) is 25.0 Å². The zero-order valence-corrected chi connectivity index (χ0v) is 19.1. The van der Waals surface area contributed by atoms with Gasteiger partial charge in [0.25, 0.3) is 0 Å². The highest BCUT2D eigenvalue weighted by Gasteiger charge is 2.50. The second-order valence-electron chi connectivity index (χ2n) is 9.47. The molecule has 4 atom stereocenters. The molecule has 182 valence electrons. The van der Waals surface area contributed by atoms with Gasteiger partial charge in [0.05, 0.1) is 32.8 Å². The van der Waals surface area contributed by atoms with Crippen LogP contribution in [0.25, 0.3) is 11.4 Å². The topological polar surface area (TPSA) is 138 Å². The van der Waals surface area contributed by atoms with Gasteiger partial charge in [0.15, 0.2) is 5.82 Å². The Hall–Kier alpha value is -3.05. The number of carbonyl (C=O) groups excluding carboxylic acids is 1. The third kappa shape index (κ3) is 4.37. The molecule has 1 aromatic heterocycles. The van der Waals surface area contributed by atoms with E-state index in [2.05, 4.69) is 20.8 Å². The molecule has 11 nitrogen and oxygen atoms in total. The second kappa shape index (κ2) is 9.30. The van der Waals surface area contributed by atoms with E-state index in [1.165, 1.54) is 0 Å². The van der Waals surface area contributed by atoms with E-state index in [1.54, 1.807) is 11.8 Å². The molecule has 11 heteroatoms. The van der Waals surface area contributed by atoms with Crippen LogP contribution in [0.15, 0.2) is 24.3 Å². The third-order valence-electron chi connectivity index (χ3n) is 7.23. The maximum atomic E-state index is 12.9. The van der Waals surface area contributed by atoms with Crippen molar-refractivity contribution in [1.82, 2.24) is 25.5 Å². The zero-order valence-electron chi connectivity index (χ0n) is 19.1. The average molecular weight is 472 g/mol. The van der Waals surface area contributed by atoms with Crippen LogP contribution in [0.4, 0.5) is 0 Å². The van der Waals surface area contributed by atoms with E-state index in [1.807, 2.05) is 24.3 Å². The fourth-order valence-electron chi connectivity index (χ4n) is 5.64. The molecule has 1 aromatic carbocycles. The first-order valence-electron chi connectivity index (χ1n) is 11.6. The van der Waals surface area contributed by atoms with Gasteiger partial charge in [0, 0.05) is 12.0 Å². The molecule has 2 N–H and O–H groups in total. The van der Waals surface area contributed by atoms with Crippen LogP contribution in [0.1, 0.15) is 44.6 Å². The Bertz CT molecular complexity index is 1050. The molecule has 5 rings (SSSR count). The Morgan fingerprint density at radius 3 is 2.76 bits per heavy atom. The first kappa shape index (κ1) is 22.7. The summed E-state index contributed by atoms with van der Waals surface area (Å²) in [6.07, 6.45) is 3.07. The first-order valence-corrected chi connectivity index (χ1v) is 11.6. The van der Waals surface area contributed by atoms with E-state index in [0.717, 1.165) is 31.2 Å². The smallest absolute Gasteiger partial charge is 0.303 e. The maximum absolute atomic E-state index is 12.9. The monoisotopic (exact) mass is 471 g/mol. The van der Waals surface area contributed by atoms with Crippen molar-refractivity contribution in [2.75, 3.05) is 20.3 Å². The molecule has 0 spiro atoms. The Kier molecular flexibility index (Phi) is 6.22. The standard InChI is InChI=1S/C23H29N5O6/c1-32-15-6-4-5-14(9-15)22-25-26-27-28(22)17-13-34-20-16(12-33-21(17)20)24-18(29)10-23(11-19(30)31)7-2-3-8-23/h4-6,9,16-17,20-21H,2-3,7-8,10-13H2,1H3,(H,24,29)(H,30,31)/t16-,17+,20-,21+/m0/s1. The van der Waals surface area contributed by atoms with Crippen molar-refractivity contribution >= 4 is 11.9 Å². The van der Waals surface area contributed by atoms with Crippen molar-refractivity contribution in [3.05, 3.63) is 24.3 Å². The van der Waals surface area contributed by atoms with Crippen LogP contribution < -0.4 is 10.1 Å². The molecular formula is C23H29N5O6. The van der Waals surface area contributed by atoms with Gasteiger partial charge < -0.3 is 24.6 Å². The van der Waals surface area contributed by atoms with Crippen molar-refractivity contribution in [2.24, 2.45) is 5.41 Å². The van der Waals surface area contributed by atoms with E-state index in [9.17, 15) is 14.7 Å². The SMILES string of the molecule is COc1cccc(-c2nnnn2[C@@H]2CO[C@@H]3[C@@H]2OC[C@@H]3NC(=O)CC2(CC(=O)O)CCCC2)c1. The van der Waals surface area contributed by atoms with E-state index in [-0.39, 0.29) is 43.0 Å². The van der Waals surface area contributed by atoms with Gasteiger partial charge in [-0.15, -0.1) is 5.10 Å². The van der Waals surface area contributed by atoms with Crippen LogP contribution in [0.3, 0.4) is 0 Å². The van der Waals surface area contributed by atoms with Gasteiger partial charge >= 0.3 is 5.97 Å². The summed E-state index contributed by atoms with van der Waals surface area (Å²) in [5.74, 6) is 0.287. The zero-order chi connectivity index (χ0) is 23.7. The predicted octanol–water partition coefficient (Wildman–Crippen LogP) is 1.60. The number of hydrogen-bond acceptors (Lipinski definition) is 8. The fraction of sp³-hybridized carbons (Fsp3) is 0.609. The lowest BCUT2D eigenvalue weighted by Crippen LogP contribution is -2.45. The van der Waals surface area contributed by atoms with E-state index >= 15 is 0 Å². The number of carbonyl (C=O) groups is 2. The number of carboxylic acid groups (broad SMARTS) is 1. The Morgan fingerprint density at radius 1 is 1.21 bits per heavy atom. The number of fused-ring (bicyclic) bond motifs is 1. The van der Waals surface area contributed by atoms with Crippen molar-refractivity contribution < 1.29 is 28.9 Å². The van der Waals surface area contributed by atoms with Crippen molar-refractivity contribution in [1.29, 1.82) is 0 Å². The third-order valence-corrected chi connectivity index (χ3v) is 7.23. The highest BCUT2D eigenvalue weighted by Crippen LogP contribution is 2.44. The van der Waals surface area contributed by atoms with Crippen molar-refractivity contribution in [3.8, 4) is 17.1 Å². The Balaban J connectivity index is 1.26. The number of methoxy groups -OCH3 is 1.